The van der Waals surface area contributed by atoms with Gasteiger partial charge in [-0.1, -0.05) is 0 Å². The maximum Gasteiger partial charge on any atom is 0.349 e. The highest BCUT2D eigenvalue weighted by Gasteiger charge is 2.07. The molecule has 4 nitrogen and oxygen atoms in total. The summed E-state index contributed by atoms with van der Waals surface area (Å²) in [7, 11) is 1.17. The van der Waals surface area contributed by atoms with Crippen molar-refractivity contribution in [3.8, 4) is 0 Å². The zero-order valence-electron chi connectivity index (χ0n) is 3.84. The molecule has 1 radical (unpaired) electrons. The quantitative estimate of drug-likeness (QED) is 0.504. The minimum absolute atomic E-state index is 1.17. The number of ether oxygens (including phenoxy) is 1. The van der Waals surface area contributed by atoms with Gasteiger partial charge in [0.25, 0.3) is 0 Å². The molecule has 4 heteroatoms. The maximum atomic E-state index is 9.62. The number of carbonyl (C=O) groups is 1. The van der Waals surface area contributed by atoms with Crippen LogP contribution in [0.2, 0.25) is 0 Å². The zero-order chi connectivity index (χ0) is 5.86. The first-order chi connectivity index (χ1) is 3.18. The molecule has 0 rings (SSSR count). The Morgan fingerprint density at radius 1 is 2.00 bits per heavy atom. The number of aliphatic carboxylic acids is 1. The largest absolute Gasteiger partial charge is 0.478 e. The fourth-order valence-electron chi connectivity index (χ4n) is 0.101. The normalized spacial score (nSPS) is 13.4. The number of nitrogens with one attached hydrogen (secondary N) is 1. The van der Waals surface area contributed by atoms with Crippen LogP contribution in [0.1, 0.15) is 0 Å². The van der Waals surface area contributed by atoms with Crippen molar-refractivity contribution in [2.75, 3.05) is 7.11 Å². The standard InChI is InChI=1S/C3H6NO3/c1-7-2(4)3(5)6/h2,4H,1H3,(H,5,6). The summed E-state index contributed by atoms with van der Waals surface area (Å²) in [5.41, 5.74) is 6.45. The first-order valence-corrected chi connectivity index (χ1v) is 1.65. The first-order valence-electron chi connectivity index (χ1n) is 1.65. The van der Waals surface area contributed by atoms with E-state index >= 15 is 0 Å². The second-order valence-corrected chi connectivity index (χ2v) is 0.954. The smallest absolute Gasteiger partial charge is 0.349 e. The maximum absolute atomic E-state index is 9.62. The van der Waals surface area contributed by atoms with Gasteiger partial charge in [0.15, 0.2) is 0 Å². The van der Waals surface area contributed by atoms with Crippen LogP contribution in [0.5, 0.6) is 0 Å². The van der Waals surface area contributed by atoms with E-state index in [4.69, 9.17) is 10.8 Å². The van der Waals surface area contributed by atoms with E-state index in [-0.39, 0.29) is 0 Å². The van der Waals surface area contributed by atoms with Gasteiger partial charge in [0, 0.05) is 7.11 Å². The SMILES string of the molecule is COC([NH])C(=O)O. The molecule has 0 heterocycles. The van der Waals surface area contributed by atoms with Crippen LogP contribution in [-0.4, -0.2) is 24.4 Å². The molecule has 0 aromatic heterocycles. The summed E-state index contributed by atoms with van der Waals surface area (Å²) in [5, 5.41) is 7.87. The van der Waals surface area contributed by atoms with Crippen molar-refractivity contribution in [2.45, 2.75) is 6.23 Å². The van der Waals surface area contributed by atoms with E-state index in [0.29, 0.717) is 0 Å². The van der Waals surface area contributed by atoms with E-state index in [1.807, 2.05) is 0 Å². The fourth-order valence-corrected chi connectivity index (χ4v) is 0.101. The van der Waals surface area contributed by atoms with Gasteiger partial charge in [0.1, 0.15) is 0 Å². The van der Waals surface area contributed by atoms with E-state index < -0.39 is 12.2 Å². The van der Waals surface area contributed by atoms with E-state index in [0.717, 1.165) is 0 Å². The van der Waals surface area contributed by atoms with E-state index in [1.54, 1.807) is 0 Å². The summed E-state index contributed by atoms with van der Waals surface area (Å²) >= 11 is 0. The molecule has 0 saturated heterocycles. The molecule has 0 saturated carbocycles. The lowest BCUT2D eigenvalue weighted by molar-refractivity contribution is -0.148. The molecule has 0 aliphatic rings. The minimum Gasteiger partial charge on any atom is -0.478 e. The third-order valence-electron chi connectivity index (χ3n) is 0.460. The lowest BCUT2D eigenvalue weighted by Crippen LogP contribution is -2.22. The average Bonchev–Trinajstić information content (AvgIpc) is 1.65. The van der Waals surface area contributed by atoms with Crippen molar-refractivity contribution in [1.29, 1.82) is 0 Å². The van der Waals surface area contributed by atoms with Crippen LogP contribution in [0.4, 0.5) is 0 Å². The molecule has 1 atom stereocenters. The van der Waals surface area contributed by atoms with Crippen LogP contribution in [-0.2, 0) is 9.53 Å². The predicted octanol–water partition coefficient (Wildman–Crippen LogP) is -0.674. The molecule has 41 valence electrons. The molecular formula is C3H6NO3. The Bertz CT molecular complexity index is 72.6. The molecule has 2 N–H and O–H groups in total. The van der Waals surface area contributed by atoms with Gasteiger partial charge in [0.05, 0.1) is 0 Å². The lowest BCUT2D eigenvalue weighted by Gasteiger charge is -1.97. The van der Waals surface area contributed by atoms with Crippen molar-refractivity contribution >= 4 is 5.97 Å². The number of rotatable bonds is 2. The van der Waals surface area contributed by atoms with Crippen LogP contribution in [0, 0.1) is 0 Å². The molecule has 0 fully saturated rings. The monoisotopic (exact) mass is 104 g/mol. The van der Waals surface area contributed by atoms with Gasteiger partial charge in [-0.05, 0) is 0 Å². The van der Waals surface area contributed by atoms with Crippen LogP contribution >= 0.6 is 0 Å². The van der Waals surface area contributed by atoms with Gasteiger partial charge in [-0.15, -0.1) is 0 Å². The summed E-state index contributed by atoms with van der Waals surface area (Å²) in [5.74, 6) is -1.26. The van der Waals surface area contributed by atoms with Crippen molar-refractivity contribution in [1.82, 2.24) is 5.73 Å². The summed E-state index contributed by atoms with van der Waals surface area (Å²) in [6.45, 7) is 0. The highest BCUT2D eigenvalue weighted by atomic mass is 16.5. The number of carboxylic acid groups (broad SMARTS) is 1. The summed E-state index contributed by atoms with van der Waals surface area (Å²) in [6, 6.07) is 0. The molecule has 0 aromatic carbocycles. The Morgan fingerprint density at radius 2 is 2.43 bits per heavy atom. The lowest BCUT2D eigenvalue weighted by atomic mass is 10.6. The molecule has 0 aliphatic heterocycles. The second-order valence-electron chi connectivity index (χ2n) is 0.954. The Labute approximate surface area is 40.9 Å². The van der Waals surface area contributed by atoms with Crippen LogP contribution in [0.25, 0.3) is 0 Å². The van der Waals surface area contributed by atoms with Crippen LogP contribution in [0.3, 0.4) is 0 Å². The fraction of sp³-hybridized carbons (Fsp3) is 0.667. The third kappa shape index (κ3) is 2.13. The van der Waals surface area contributed by atoms with E-state index in [2.05, 4.69) is 4.74 Å². The molecule has 0 spiro atoms. The summed E-state index contributed by atoms with van der Waals surface area (Å²) in [6.07, 6.45) is -1.43. The minimum atomic E-state index is -1.43. The van der Waals surface area contributed by atoms with Crippen molar-refractivity contribution in [2.24, 2.45) is 0 Å². The predicted molar refractivity (Wildman–Crippen MR) is 21.5 cm³/mol. The number of methoxy groups -OCH3 is 1. The average molecular weight is 104 g/mol. The summed E-state index contributed by atoms with van der Waals surface area (Å²) in [4.78, 5) is 9.62. The van der Waals surface area contributed by atoms with Gasteiger partial charge in [-0.2, -0.15) is 0 Å². The van der Waals surface area contributed by atoms with Gasteiger partial charge >= 0.3 is 5.97 Å². The molecule has 0 aromatic rings. The third-order valence-corrected chi connectivity index (χ3v) is 0.460. The molecule has 7 heavy (non-hydrogen) atoms. The Kier molecular flexibility index (Phi) is 2.32. The topological polar surface area (TPSA) is 70.3 Å². The Morgan fingerprint density at radius 3 is 2.43 bits per heavy atom. The Hall–Kier alpha value is -0.610. The number of carboxylic acids is 1. The van der Waals surface area contributed by atoms with Crippen LogP contribution in [0.15, 0.2) is 0 Å². The second kappa shape index (κ2) is 2.54. The van der Waals surface area contributed by atoms with E-state index in [1.165, 1.54) is 7.11 Å². The number of hydrogen-bond donors (Lipinski definition) is 1. The van der Waals surface area contributed by atoms with E-state index in [9.17, 15) is 4.79 Å². The molecule has 1 unspecified atom stereocenters. The van der Waals surface area contributed by atoms with Crippen molar-refractivity contribution < 1.29 is 14.6 Å². The van der Waals surface area contributed by atoms with Crippen molar-refractivity contribution in [3.05, 3.63) is 0 Å². The first kappa shape index (κ1) is 6.39. The molecular weight excluding hydrogens is 98.0 g/mol. The number of hydrogen-bond acceptors (Lipinski definition) is 2. The zero-order valence-corrected chi connectivity index (χ0v) is 3.84. The molecule has 0 amide bonds. The molecule has 0 aliphatic carbocycles. The van der Waals surface area contributed by atoms with Gasteiger partial charge in [0.2, 0.25) is 6.23 Å². The highest BCUT2D eigenvalue weighted by Crippen LogP contribution is 1.77. The summed E-state index contributed by atoms with van der Waals surface area (Å²) < 4.78 is 4.08. The highest BCUT2D eigenvalue weighted by molar-refractivity contribution is 5.71. The van der Waals surface area contributed by atoms with Crippen molar-refractivity contribution in [3.63, 3.8) is 0 Å². The Balaban J connectivity index is 3.34. The van der Waals surface area contributed by atoms with Crippen LogP contribution < -0.4 is 5.73 Å². The molecule has 0 bridgehead atoms. The van der Waals surface area contributed by atoms with Gasteiger partial charge in [-0.25, -0.2) is 10.5 Å². The van der Waals surface area contributed by atoms with Gasteiger partial charge < -0.3 is 9.84 Å². The van der Waals surface area contributed by atoms with Gasteiger partial charge in [-0.3, -0.25) is 0 Å².